The minimum atomic E-state index is 0.936. The molecule has 134 valence electrons. The second kappa shape index (κ2) is 8.00. The van der Waals surface area contributed by atoms with Crippen molar-refractivity contribution in [2.75, 3.05) is 18.0 Å². The predicted molar refractivity (Wildman–Crippen MR) is 110 cm³/mol. The predicted octanol–water partition coefficient (Wildman–Crippen LogP) is 5.09. The second-order valence-corrected chi connectivity index (χ2v) is 6.30. The molecule has 26 heavy (non-hydrogen) atoms. The maximum Gasteiger partial charge on any atom is 0.136 e. The topological polar surface area (TPSA) is 33.4 Å². The van der Waals surface area contributed by atoms with Crippen LogP contribution in [-0.2, 0) is 0 Å². The Labute approximate surface area is 155 Å². The Balaban J connectivity index is 1.83. The lowest BCUT2D eigenvalue weighted by Gasteiger charge is -2.20. The summed E-state index contributed by atoms with van der Waals surface area (Å²) in [6, 6.07) is 16.5. The molecule has 0 bridgehead atoms. The molecular formula is C22H26N4. The van der Waals surface area contributed by atoms with Crippen molar-refractivity contribution in [2.24, 2.45) is 4.99 Å². The van der Waals surface area contributed by atoms with Crippen molar-refractivity contribution in [3.8, 4) is 5.82 Å². The highest BCUT2D eigenvalue weighted by Crippen LogP contribution is 2.21. The highest BCUT2D eigenvalue weighted by atomic mass is 15.1. The summed E-state index contributed by atoms with van der Waals surface area (Å²) in [5.74, 6) is 0.936. The van der Waals surface area contributed by atoms with Crippen LogP contribution in [0.2, 0.25) is 0 Å². The van der Waals surface area contributed by atoms with Crippen LogP contribution in [0.5, 0.6) is 0 Å². The number of aliphatic imine (C=N–C) groups is 1. The molecule has 2 aromatic heterocycles. The van der Waals surface area contributed by atoms with E-state index in [1.807, 2.05) is 30.6 Å². The Hall–Kier alpha value is -2.88. The zero-order valence-corrected chi connectivity index (χ0v) is 16.0. The van der Waals surface area contributed by atoms with Gasteiger partial charge in [0.15, 0.2) is 0 Å². The average molecular weight is 346 g/mol. The lowest BCUT2D eigenvalue weighted by Crippen LogP contribution is -2.21. The zero-order chi connectivity index (χ0) is 18.5. The summed E-state index contributed by atoms with van der Waals surface area (Å²) in [5, 5.41) is 0. The summed E-state index contributed by atoms with van der Waals surface area (Å²) in [5.41, 5.74) is 5.61. The molecule has 0 aliphatic rings. The van der Waals surface area contributed by atoms with Crippen LogP contribution in [0, 0.1) is 13.8 Å². The van der Waals surface area contributed by atoms with E-state index in [1.54, 1.807) is 0 Å². The Morgan fingerprint density at radius 3 is 2.38 bits per heavy atom. The van der Waals surface area contributed by atoms with E-state index >= 15 is 0 Å². The molecule has 4 heteroatoms. The fourth-order valence-electron chi connectivity index (χ4n) is 3.24. The van der Waals surface area contributed by atoms with Crippen molar-refractivity contribution in [2.45, 2.75) is 27.7 Å². The fraction of sp³-hybridized carbons (Fsp3) is 0.273. The van der Waals surface area contributed by atoms with Gasteiger partial charge in [0, 0.05) is 48.1 Å². The lowest BCUT2D eigenvalue weighted by molar-refractivity contribution is 0.866. The van der Waals surface area contributed by atoms with Gasteiger partial charge in [-0.2, -0.15) is 0 Å². The summed E-state index contributed by atoms with van der Waals surface area (Å²) in [7, 11) is 0. The van der Waals surface area contributed by atoms with Crippen molar-refractivity contribution in [3.63, 3.8) is 0 Å². The lowest BCUT2D eigenvalue weighted by atomic mass is 10.2. The number of pyridine rings is 1. The van der Waals surface area contributed by atoms with E-state index in [1.165, 1.54) is 5.69 Å². The van der Waals surface area contributed by atoms with Crippen molar-refractivity contribution in [3.05, 3.63) is 71.7 Å². The first kappa shape index (κ1) is 17.9. The first-order valence-corrected chi connectivity index (χ1v) is 9.13. The molecule has 1 aromatic carbocycles. The van der Waals surface area contributed by atoms with Gasteiger partial charge in [0.1, 0.15) is 5.82 Å². The molecule has 0 N–H and O–H groups in total. The summed E-state index contributed by atoms with van der Waals surface area (Å²) in [6.07, 6.45) is 3.76. The van der Waals surface area contributed by atoms with Crippen LogP contribution in [0.15, 0.2) is 59.7 Å². The smallest absolute Gasteiger partial charge is 0.136 e. The van der Waals surface area contributed by atoms with Crippen LogP contribution in [0.25, 0.3) is 5.82 Å². The molecule has 3 rings (SSSR count). The average Bonchev–Trinajstić information content (AvgIpc) is 2.96. The van der Waals surface area contributed by atoms with Gasteiger partial charge in [0.25, 0.3) is 0 Å². The first-order chi connectivity index (χ1) is 12.6. The van der Waals surface area contributed by atoms with Crippen molar-refractivity contribution < 1.29 is 0 Å². The van der Waals surface area contributed by atoms with Crippen molar-refractivity contribution in [1.29, 1.82) is 0 Å². The van der Waals surface area contributed by atoms with Crippen LogP contribution >= 0.6 is 0 Å². The summed E-state index contributed by atoms with van der Waals surface area (Å²) in [6.45, 7) is 10.6. The van der Waals surface area contributed by atoms with E-state index < -0.39 is 0 Å². The zero-order valence-electron chi connectivity index (χ0n) is 16.0. The third-order valence-electron chi connectivity index (χ3n) is 4.68. The quantitative estimate of drug-likeness (QED) is 0.583. The summed E-state index contributed by atoms with van der Waals surface area (Å²) < 4.78 is 2.16. The molecule has 4 nitrogen and oxygen atoms in total. The molecule has 0 saturated heterocycles. The standard InChI is InChI=1S/C22H26N4/c1-5-25(6-2)21-12-10-20(11-13-21)24-16-19-15-17(3)26(18(19)4)22-9-7-8-14-23-22/h7-16H,5-6H2,1-4H3. The monoisotopic (exact) mass is 346 g/mol. The number of hydrogen-bond acceptors (Lipinski definition) is 3. The van der Waals surface area contributed by atoms with Gasteiger partial charge >= 0.3 is 0 Å². The molecular weight excluding hydrogens is 320 g/mol. The second-order valence-electron chi connectivity index (χ2n) is 6.30. The van der Waals surface area contributed by atoms with E-state index in [-0.39, 0.29) is 0 Å². The number of aromatic nitrogens is 2. The van der Waals surface area contributed by atoms with E-state index in [9.17, 15) is 0 Å². The minimum Gasteiger partial charge on any atom is -0.372 e. The van der Waals surface area contributed by atoms with E-state index in [0.717, 1.165) is 41.5 Å². The van der Waals surface area contributed by atoms with Crippen LogP contribution in [0.1, 0.15) is 30.8 Å². The number of aryl methyl sites for hydroxylation is 1. The molecule has 0 radical (unpaired) electrons. The van der Waals surface area contributed by atoms with E-state index in [4.69, 9.17) is 0 Å². The third kappa shape index (κ3) is 3.69. The van der Waals surface area contributed by atoms with Gasteiger partial charge in [-0.3, -0.25) is 4.99 Å². The molecule has 0 unspecified atom stereocenters. The van der Waals surface area contributed by atoms with Crippen molar-refractivity contribution in [1.82, 2.24) is 9.55 Å². The molecule has 0 fully saturated rings. The summed E-state index contributed by atoms with van der Waals surface area (Å²) >= 11 is 0. The molecule has 2 heterocycles. The molecule has 0 spiro atoms. The van der Waals surface area contributed by atoms with Gasteiger partial charge < -0.3 is 9.47 Å². The number of hydrogen-bond donors (Lipinski definition) is 0. The fourth-order valence-corrected chi connectivity index (χ4v) is 3.24. The van der Waals surface area contributed by atoms with Crippen LogP contribution in [0.4, 0.5) is 11.4 Å². The Morgan fingerprint density at radius 2 is 1.77 bits per heavy atom. The van der Waals surface area contributed by atoms with Gasteiger partial charge in [-0.15, -0.1) is 0 Å². The van der Waals surface area contributed by atoms with E-state index in [2.05, 4.69) is 77.5 Å². The highest BCUT2D eigenvalue weighted by molar-refractivity contribution is 5.84. The van der Waals surface area contributed by atoms with E-state index in [0.29, 0.717) is 0 Å². The molecule has 0 amide bonds. The SMILES string of the molecule is CCN(CC)c1ccc(N=Cc2cc(C)n(-c3ccccn3)c2C)cc1. The minimum absolute atomic E-state index is 0.936. The third-order valence-corrected chi connectivity index (χ3v) is 4.68. The van der Waals surface area contributed by atoms with Gasteiger partial charge in [0.2, 0.25) is 0 Å². The van der Waals surface area contributed by atoms with Crippen LogP contribution in [-0.4, -0.2) is 28.9 Å². The van der Waals surface area contributed by atoms with Crippen LogP contribution < -0.4 is 4.90 Å². The molecule has 0 aliphatic heterocycles. The molecule has 3 aromatic rings. The maximum atomic E-state index is 4.66. The van der Waals surface area contributed by atoms with Gasteiger partial charge in [-0.25, -0.2) is 4.98 Å². The number of benzene rings is 1. The number of nitrogens with zero attached hydrogens (tertiary/aromatic N) is 4. The first-order valence-electron chi connectivity index (χ1n) is 9.13. The Bertz CT molecular complexity index is 873. The molecule has 0 atom stereocenters. The van der Waals surface area contributed by atoms with Crippen LogP contribution in [0.3, 0.4) is 0 Å². The molecule has 0 aliphatic carbocycles. The number of rotatable bonds is 6. The van der Waals surface area contributed by atoms with Crippen molar-refractivity contribution >= 4 is 17.6 Å². The highest BCUT2D eigenvalue weighted by Gasteiger charge is 2.09. The molecule has 0 saturated carbocycles. The summed E-state index contributed by atoms with van der Waals surface area (Å²) in [4.78, 5) is 11.4. The van der Waals surface area contributed by atoms with Gasteiger partial charge in [0.05, 0.1) is 5.69 Å². The largest absolute Gasteiger partial charge is 0.372 e. The Kier molecular flexibility index (Phi) is 5.52. The normalized spacial score (nSPS) is 11.2. The van der Waals surface area contributed by atoms with Gasteiger partial charge in [-0.1, -0.05) is 6.07 Å². The van der Waals surface area contributed by atoms with Gasteiger partial charge in [-0.05, 0) is 70.2 Å². The number of anilines is 1. The maximum absolute atomic E-state index is 4.66. The Morgan fingerprint density at radius 1 is 1.04 bits per heavy atom.